The van der Waals surface area contributed by atoms with Gasteiger partial charge in [-0.3, -0.25) is 0 Å². The monoisotopic (exact) mass is 816 g/mol. The highest BCUT2D eigenvalue weighted by Gasteiger charge is 2.97. The van der Waals surface area contributed by atoms with Crippen LogP contribution in [0.5, 0.6) is 0 Å². The standard InChI is InChI=1S/C19H23F19N2O7S2/c1-40(2,6-7-41)5-3-4-39(8-10(42)9-48(43,44)45)49(46,47)19(37,38)17(32,33)15(28,29)13(24,25)11(20,21)12(22,23)14(26,27)16(30,31)18(34,35)36/h10,41-42H,3-9H2,1-2H3. The van der Waals surface area contributed by atoms with Gasteiger partial charge in [-0.25, -0.2) is 16.8 Å². The zero-order chi connectivity index (χ0) is 40.1. The largest absolute Gasteiger partial charge is 0.748 e. The predicted molar refractivity (Wildman–Crippen MR) is 120 cm³/mol. The summed E-state index contributed by atoms with van der Waals surface area (Å²) in [6.45, 7) is -5.53. The molecule has 1 atom stereocenters. The van der Waals surface area contributed by atoms with Crippen molar-refractivity contribution >= 4 is 20.1 Å². The first-order chi connectivity index (χ1) is 21.0. The molecule has 0 rings (SSSR count). The van der Waals surface area contributed by atoms with Crippen LogP contribution in [-0.2, 0) is 20.1 Å². The highest BCUT2D eigenvalue weighted by molar-refractivity contribution is 7.90. The third-order valence-corrected chi connectivity index (χ3v) is 9.15. The molecular weight excluding hydrogens is 793 g/mol. The molecule has 0 aliphatic heterocycles. The maximum atomic E-state index is 14.7. The molecule has 296 valence electrons. The molecule has 49 heavy (non-hydrogen) atoms. The number of halogens is 19. The lowest BCUT2D eigenvalue weighted by Gasteiger charge is -2.44. The number of nitrogens with zero attached hydrogens (tertiary/aromatic N) is 2. The second-order valence-corrected chi connectivity index (χ2v) is 14.2. The van der Waals surface area contributed by atoms with E-state index in [4.69, 9.17) is 5.11 Å². The van der Waals surface area contributed by atoms with E-state index in [0.717, 1.165) is 0 Å². The van der Waals surface area contributed by atoms with Crippen LogP contribution < -0.4 is 0 Å². The molecule has 30 heteroatoms. The number of sulfonamides is 1. The Labute approximate surface area is 262 Å². The molecule has 0 fully saturated rings. The van der Waals surface area contributed by atoms with Gasteiger partial charge in [0.15, 0.2) is 0 Å². The topological polar surface area (TPSA) is 135 Å². The minimum absolute atomic E-state index is 0.258. The first-order valence-corrected chi connectivity index (χ1v) is 15.2. The number of hydrogen-bond acceptors (Lipinski definition) is 7. The van der Waals surface area contributed by atoms with Crippen LogP contribution >= 0.6 is 0 Å². The van der Waals surface area contributed by atoms with E-state index < -0.39 is 126 Å². The summed E-state index contributed by atoms with van der Waals surface area (Å²) in [5.41, 5.74) is 0. The molecule has 0 saturated carbocycles. The summed E-state index contributed by atoms with van der Waals surface area (Å²) in [6.07, 6.45) is -12.1. The lowest BCUT2D eigenvalue weighted by Crippen LogP contribution is -2.76. The van der Waals surface area contributed by atoms with Gasteiger partial charge in [-0.1, -0.05) is 0 Å². The summed E-state index contributed by atoms with van der Waals surface area (Å²) >= 11 is 0. The third-order valence-electron chi connectivity index (χ3n) is 6.44. The van der Waals surface area contributed by atoms with Gasteiger partial charge in [-0.05, 0) is 0 Å². The molecule has 2 N–H and O–H groups in total. The Hall–Kier alpha value is -1.63. The molecule has 0 heterocycles. The Morgan fingerprint density at radius 3 is 1.31 bits per heavy atom. The van der Waals surface area contributed by atoms with E-state index in [2.05, 4.69) is 0 Å². The Kier molecular flexibility index (Phi) is 13.3. The molecule has 0 amide bonds. The van der Waals surface area contributed by atoms with Crippen molar-refractivity contribution in [2.24, 2.45) is 0 Å². The van der Waals surface area contributed by atoms with Crippen LogP contribution in [0.1, 0.15) is 6.42 Å². The lowest BCUT2D eigenvalue weighted by molar-refractivity contribution is -0.890. The summed E-state index contributed by atoms with van der Waals surface area (Å²) in [4.78, 5) is 0. The molecule has 0 bridgehead atoms. The van der Waals surface area contributed by atoms with Crippen LogP contribution in [0.3, 0.4) is 0 Å². The van der Waals surface area contributed by atoms with Gasteiger partial charge in [0, 0.05) is 19.5 Å². The van der Waals surface area contributed by atoms with E-state index in [1.54, 1.807) is 0 Å². The average molecular weight is 816 g/mol. The van der Waals surface area contributed by atoms with Gasteiger partial charge in [0.2, 0.25) is 0 Å². The van der Waals surface area contributed by atoms with E-state index in [9.17, 15) is 110 Å². The third kappa shape index (κ3) is 8.22. The van der Waals surface area contributed by atoms with Crippen LogP contribution in [0, 0.1) is 0 Å². The molecule has 0 radical (unpaired) electrons. The predicted octanol–water partition coefficient (Wildman–Crippen LogP) is 3.59. The van der Waals surface area contributed by atoms with Gasteiger partial charge in [-0.15, -0.1) is 0 Å². The highest BCUT2D eigenvalue weighted by Crippen LogP contribution is 2.65. The van der Waals surface area contributed by atoms with Gasteiger partial charge in [0.25, 0.3) is 10.0 Å². The van der Waals surface area contributed by atoms with Crippen molar-refractivity contribution in [2.75, 3.05) is 52.6 Å². The maximum Gasteiger partial charge on any atom is 0.460 e. The van der Waals surface area contributed by atoms with Gasteiger partial charge in [0.05, 0.1) is 49.2 Å². The van der Waals surface area contributed by atoms with Crippen LogP contribution in [0.15, 0.2) is 0 Å². The Balaban J connectivity index is 7.27. The molecule has 0 aliphatic rings. The number of rotatable bonds is 19. The maximum absolute atomic E-state index is 14.7. The van der Waals surface area contributed by atoms with Crippen LogP contribution in [-0.4, -0.2) is 152 Å². The summed E-state index contributed by atoms with van der Waals surface area (Å²) in [5, 5.41) is 10.5. The summed E-state index contributed by atoms with van der Waals surface area (Å²) in [7, 11) is -11.2. The number of quaternary nitrogens is 1. The fourth-order valence-corrected chi connectivity index (χ4v) is 5.65. The summed E-state index contributed by atoms with van der Waals surface area (Å²) in [5.74, 6) is -65.3. The minimum Gasteiger partial charge on any atom is -0.748 e. The molecule has 0 aromatic rings. The van der Waals surface area contributed by atoms with Crippen LogP contribution in [0.4, 0.5) is 83.4 Å². The second-order valence-electron chi connectivity index (χ2n) is 10.7. The molecule has 0 spiro atoms. The zero-order valence-corrected chi connectivity index (χ0v) is 25.5. The van der Waals surface area contributed by atoms with Gasteiger partial charge < -0.3 is 19.2 Å². The molecule has 9 nitrogen and oxygen atoms in total. The molecule has 0 aliphatic carbocycles. The van der Waals surface area contributed by atoms with E-state index in [0.29, 0.717) is 0 Å². The Morgan fingerprint density at radius 1 is 0.633 bits per heavy atom. The molecular formula is C19H23F19N2O7S2. The second kappa shape index (κ2) is 13.7. The van der Waals surface area contributed by atoms with Crippen LogP contribution in [0.25, 0.3) is 0 Å². The van der Waals surface area contributed by atoms with E-state index in [1.165, 1.54) is 14.1 Å². The molecule has 0 aromatic heterocycles. The van der Waals surface area contributed by atoms with Gasteiger partial charge in [0.1, 0.15) is 6.54 Å². The van der Waals surface area contributed by atoms with Gasteiger partial charge >= 0.3 is 52.9 Å². The van der Waals surface area contributed by atoms with Crippen LogP contribution in [0.2, 0.25) is 0 Å². The van der Waals surface area contributed by atoms with Crippen molar-refractivity contribution in [2.45, 2.75) is 65.4 Å². The summed E-state index contributed by atoms with van der Waals surface area (Å²) < 4.78 is 315. The quantitative estimate of drug-likeness (QED) is 0.116. The average Bonchev–Trinajstić information content (AvgIpc) is 2.85. The highest BCUT2D eigenvalue weighted by atomic mass is 32.2. The first kappa shape index (κ1) is 47.4. The van der Waals surface area contributed by atoms with Crippen molar-refractivity contribution in [3.8, 4) is 0 Å². The lowest BCUT2D eigenvalue weighted by atomic mass is 9.89. The smallest absolute Gasteiger partial charge is 0.460 e. The van der Waals surface area contributed by atoms with Crippen molar-refractivity contribution in [3.05, 3.63) is 0 Å². The molecule has 0 saturated heterocycles. The Bertz CT molecular complexity index is 1370. The van der Waals surface area contributed by atoms with Crippen molar-refractivity contribution in [1.29, 1.82) is 0 Å². The number of likely N-dealkylation sites (N-methyl/N-ethyl adjacent to an activating group) is 1. The number of hydrogen-bond donors (Lipinski definition) is 2. The minimum atomic E-state index is -9.29. The number of alkyl halides is 19. The zero-order valence-electron chi connectivity index (χ0n) is 23.9. The fourth-order valence-electron chi connectivity index (χ4n) is 3.56. The molecule has 0 aromatic carbocycles. The number of aliphatic hydroxyl groups is 2. The first-order valence-electron chi connectivity index (χ1n) is 12.1. The van der Waals surface area contributed by atoms with Crippen molar-refractivity contribution < 1.29 is 120 Å². The summed E-state index contributed by atoms with van der Waals surface area (Å²) in [6, 6.07) is 0. The molecule has 1 unspecified atom stereocenters. The van der Waals surface area contributed by atoms with Crippen molar-refractivity contribution in [3.63, 3.8) is 0 Å². The normalized spacial score (nSPS) is 16.8. The fraction of sp³-hybridized carbons (Fsp3) is 1.00. The van der Waals surface area contributed by atoms with E-state index in [1.807, 2.05) is 0 Å². The van der Waals surface area contributed by atoms with E-state index >= 15 is 0 Å². The Morgan fingerprint density at radius 2 is 0.980 bits per heavy atom. The van der Waals surface area contributed by atoms with E-state index in [-0.39, 0.29) is 6.54 Å². The van der Waals surface area contributed by atoms with Crippen molar-refractivity contribution in [1.82, 2.24) is 4.31 Å². The number of aliphatic hydroxyl groups excluding tert-OH is 2. The van der Waals surface area contributed by atoms with Gasteiger partial charge in [-0.2, -0.15) is 87.7 Å². The SMILES string of the molecule is C[N+](C)(CCO)CCCN(CC(O)CS(=O)(=O)[O-])S(=O)(=O)C(F)(F)C(F)(F)C(F)(F)C(F)(F)C(F)(F)C(F)(F)C(F)(F)C(F)(F)C(F)(F)F.